The number of hydrogen-bond donors (Lipinski definition) is 0. The maximum Gasteiger partial charge on any atom is 0.130 e. The molecule has 2 rings (SSSR count). The Morgan fingerprint density at radius 3 is 2.71 bits per heavy atom. The molecular weight excluding hydrogens is 210 g/mol. The summed E-state index contributed by atoms with van der Waals surface area (Å²) in [6.45, 7) is 3.82. The first-order chi connectivity index (χ1) is 8.13. The van der Waals surface area contributed by atoms with Gasteiger partial charge in [0, 0.05) is 30.6 Å². The molecule has 0 saturated heterocycles. The first kappa shape index (κ1) is 11.9. The largest absolute Gasteiger partial charge is 0.350 e. The Balaban J connectivity index is 2.50. The van der Waals surface area contributed by atoms with Gasteiger partial charge in [-0.25, -0.2) is 0 Å². The van der Waals surface area contributed by atoms with Crippen LogP contribution in [0.2, 0.25) is 0 Å². The molecule has 1 atom stereocenters. The highest BCUT2D eigenvalue weighted by molar-refractivity contribution is 5.85. The number of fused-ring (bicyclic) bond motifs is 1. The van der Waals surface area contributed by atoms with E-state index in [0.29, 0.717) is 12.3 Å². The molecule has 0 amide bonds. The second-order valence-corrected chi connectivity index (χ2v) is 4.72. The number of hydrogen-bond acceptors (Lipinski definition) is 1. The van der Waals surface area contributed by atoms with Crippen LogP contribution in [0.4, 0.5) is 0 Å². The third kappa shape index (κ3) is 2.26. The highest BCUT2D eigenvalue weighted by Crippen LogP contribution is 2.31. The third-order valence-corrected chi connectivity index (χ3v) is 3.39. The minimum absolute atomic E-state index is 0.268. The SMILES string of the molecule is CCC(CC(C)=O)c1cn(C)c2ccccc12. The maximum absolute atomic E-state index is 11.3. The zero-order valence-corrected chi connectivity index (χ0v) is 10.7. The number of para-hydroxylation sites is 1. The summed E-state index contributed by atoms with van der Waals surface area (Å²) in [6.07, 6.45) is 3.82. The first-order valence-electron chi connectivity index (χ1n) is 6.17. The van der Waals surface area contributed by atoms with Crippen LogP contribution in [-0.4, -0.2) is 10.4 Å². The van der Waals surface area contributed by atoms with Gasteiger partial charge in [-0.1, -0.05) is 25.1 Å². The number of rotatable bonds is 4. The summed E-state index contributed by atoms with van der Waals surface area (Å²) in [7, 11) is 2.06. The van der Waals surface area contributed by atoms with E-state index in [0.717, 1.165) is 6.42 Å². The van der Waals surface area contributed by atoms with Crippen molar-refractivity contribution in [2.75, 3.05) is 0 Å². The molecule has 0 fully saturated rings. The van der Waals surface area contributed by atoms with Gasteiger partial charge >= 0.3 is 0 Å². The number of carbonyl (C=O) groups is 1. The maximum atomic E-state index is 11.3. The van der Waals surface area contributed by atoms with E-state index >= 15 is 0 Å². The average molecular weight is 229 g/mol. The molecule has 0 aliphatic carbocycles. The van der Waals surface area contributed by atoms with E-state index in [2.05, 4.69) is 49.0 Å². The highest BCUT2D eigenvalue weighted by Gasteiger charge is 2.16. The van der Waals surface area contributed by atoms with Crippen LogP contribution in [0.25, 0.3) is 10.9 Å². The summed E-state index contributed by atoms with van der Waals surface area (Å²) in [5.74, 6) is 0.614. The fourth-order valence-corrected chi connectivity index (χ4v) is 2.52. The predicted molar refractivity (Wildman–Crippen MR) is 71.2 cm³/mol. The van der Waals surface area contributed by atoms with Crippen molar-refractivity contribution < 1.29 is 4.79 Å². The minimum Gasteiger partial charge on any atom is -0.350 e. The predicted octanol–water partition coefficient (Wildman–Crippen LogP) is 3.65. The molecule has 2 aromatic rings. The molecule has 17 heavy (non-hydrogen) atoms. The van der Waals surface area contributed by atoms with Gasteiger partial charge in [0.25, 0.3) is 0 Å². The van der Waals surface area contributed by atoms with Crippen LogP contribution in [0.5, 0.6) is 0 Å². The molecule has 0 spiro atoms. The van der Waals surface area contributed by atoms with Crippen LogP contribution in [-0.2, 0) is 11.8 Å². The molecule has 0 radical (unpaired) electrons. The quantitative estimate of drug-likeness (QED) is 0.784. The van der Waals surface area contributed by atoms with Gasteiger partial charge < -0.3 is 9.36 Å². The fraction of sp³-hybridized carbons (Fsp3) is 0.400. The Hall–Kier alpha value is -1.57. The molecule has 0 aliphatic rings. The standard InChI is InChI=1S/C15H19NO/c1-4-12(9-11(2)17)14-10-16(3)15-8-6-5-7-13(14)15/h5-8,10,12H,4,9H2,1-3H3. The lowest BCUT2D eigenvalue weighted by Gasteiger charge is -2.11. The van der Waals surface area contributed by atoms with Gasteiger partial charge in [0.1, 0.15) is 5.78 Å². The van der Waals surface area contributed by atoms with E-state index < -0.39 is 0 Å². The second kappa shape index (κ2) is 4.74. The Bertz CT molecular complexity index is 539. The Morgan fingerprint density at radius 1 is 1.35 bits per heavy atom. The van der Waals surface area contributed by atoms with Crippen LogP contribution in [0.3, 0.4) is 0 Å². The normalized spacial score (nSPS) is 12.9. The van der Waals surface area contributed by atoms with Gasteiger partial charge in [-0.15, -0.1) is 0 Å². The van der Waals surface area contributed by atoms with E-state index in [1.165, 1.54) is 16.5 Å². The Kier molecular flexibility index (Phi) is 3.32. The number of benzene rings is 1. The van der Waals surface area contributed by atoms with Gasteiger partial charge in [-0.3, -0.25) is 0 Å². The van der Waals surface area contributed by atoms with Crippen LogP contribution >= 0.6 is 0 Å². The van der Waals surface area contributed by atoms with Crippen molar-refractivity contribution in [3.8, 4) is 0 Å². The van der Waals surface area contributed by atoms with Crippen LogP contribution < -0.4 is 0 Å². The van der Waals surface area contributed by atoms with Crippen molar-refractivity contribution in [1.82, 2.24) is 4.57 Å². The van der Waals surface area contributed by atoms with Gasteiger partial charge in [-0.2, -0.15) is 0 Å². The zero-order chi connectivity index (χ0) is 12.4. The lowest BCUT2D eigenvalue weighted by Crippen LogP contribution is -2.02. The molecule has 1 aromatic heterocycles. The minimum atomic E-state index is 0.268. The molecular formula is C15H19NO. The zero-order valence-electron chi connectivity index (χ0n) is 10.7. The summed E-state index contributed by atoms with van der Waals surface area (Å²) >= 11 is 0. The van der Waals surface area contributed by atoms with Crippen molar-refractivity contribution in [1.29, 1.82) is 0 Å². The summed E-state index contributed by atoms with van der Waals surface area (Å²) < 4.78 is 2.15. The lowest BCUT2D eigenvalue weighted by atomic mass is 9.91. The van der Waals surface area contributed by atoms with Crippen molar-refractivity contribution in [3.05, 3.63) is 36.0 Å². The number of Topliss-reactive ketones (excluding diaryl/α,β-unsaturated/α-hetero) is 1. The molecule has 0 saturated carbocycles. The van der Waals surface area contributed by atoms with Gasteiger partial charge in [0.15, 0.2) is 0 Å². The van der Waals surface area contributed by atoms with Crippen LogP contribution in [0, 0.1) is 0 Å². The summed E-state index contributed by atoms with van der Waals surface area (Å²) in [4.78, 5) is 11.3. The molecule has 1 aromatic carbocycles. The van der Waals surface area contributed by atoms with E-state index in [1.54, 1.807) is 6.92 Å². The number of carbonyl (C=O) groups excluding carboxylic acids is 1. The molecule has 1 unspecified atom stereocenters. The van der Waals surface area contributed by atoms with Gasteiger partial charge in [0.05, 0.1) is 0 Å². The van der Waals surface area contributed by atoms with Gasteiger partial charge in [-0.05, 0) is 30.9 Å². The van der Waals surface area contributed by atoms with Crippen molar-refractivity contribution >= 4 is 16.7 Å². The van der Waals surface area contributed by atoms with Crippen molar-refractivity contribution in [2.24, 2.45) is 7.05 Å². The average Bonchev–Trinajstić information content (AvgIpc) is 2.64. The second-order valence-electron chi connectivity index (χ2n) is 4.72. The Morgan fingerprint density at radius 2 is 2.06 bits per heavy atom. The molecule has 0 aliphatic heterocycles. The first-order valence-corrected chi connectivity index (χ1v) is 6.17. The van der Waals surface area contributed by atoms with Gasteiger partial charge in [0.2, 0.25) is 0 Å². The van der Waals surface area contributed by atoms with Crippen molar-refractivity contribution in [2.45, 2.75) is 32.6 Å². The molecule has 90 valence electrons. The molecule has 2 heteroatoms. The lowest BCUT2D eigenvalue weighted by molar-refractivity contribution is -0.117. The summed E-state index contributed by atoms with van der Waals surface area (Å²) in [5.41, 5.74) is 2.55. The number of nitrogens with zero attached hydrogens (tertiary/aromatic N) is 1. The molecule has 0 bridgehead atoms. The molecule has 1 heterocycles. The Labute approximate surface area is 102 Å². The van der Waals surface area contributed by atoms with Crippen LogP contribution in [0.15, 0.2) is 30.5 Å². The topological polar surface area (TPSA) is 22.0 Å². The summed E-state index contributed by atoms with van der Waals surface area (Å²) in [5, 5.41) is 1.28. The number of ketones is 1. The molecule has 2 nitrogen and oxygen atoms in total. The van der Waals surface area contributed by atoms with E-state index in [1.807, 2.05) is 0 Å². The van der Waals surface area contributed by atoms with Crippen molar-refractivity contribution in [3.63, 3.8) is 0 Å². The van der Waals surface area contributed by atoms with E-state index in [-0.39, 0.29) is 5.78 Å². The molecule has 0 N–H and O–H groups in total. The third-order valence-electron chi connectivity index (χ3n) is 3.39. The highest BCUT2D eigenvalue weighted by atomic mass is 16.1. The summed E-state index contributed by atoms with van der Waals surface area (Å²) in [6, 6.07) is 8.39. The monoisotopic (exact) mass is 229 g/mol. The number of aryl methyl sites for hydroxylation is 1. The number of aromatic nitrogens is 1. The fourth-order valence-electron chi connectivity index (χ4n) is 2.52. The smallest absolute Gasteiger partial charge is 0.130 e. The van der Waals surface area contributed by atoms with Crippen LogP contribution in [0.1, 0.15) is 38.2 Å². The van der Waals surface area contributed by atoms with E-state index in [9.17, 15) is 4.79 Å². The van der Waals surface area contributed by atoms with E-state index in [4.69, 9.17) is 0 Å².